The molecule has 0 aliphatic carbocycles. The number of hydrogen-bond donors (Lipinski definition) is 0. The molecule has 0 amide bonds. The first kappa shape index (κ1) is 11.2. The highest BCUT2D eigenvalue weighted by atomic mass is 35.5. The van der Waals surface area contributed by atoms with Gasteiger partial charge in [0.2, 0.25) is 5.83 Å². The van der Waals surface area contributed by atoms with Gasteiger partial charge in [0.05, 0.1) is 0 Å². The third kappa shape index (κ3) is 2.09. The average Bonchev–Trinajstić information content (AvgIpc) is 2.01. The van der Waals surface area contributed by atoms with Gasteiger partial charge in [-0.2, -0.15) is 22.0 Å². The molecule has 0 atom stereocenters. The third-order valence-corrected chi connectivity index (χ3v) is 1.25. The smallest absolute Gasteiger partial charge is 0.195 e. The van der Waals surface area contributed by atoms with E-state index in [2.05, 4.69) is 18.2 Å². The van der Waals surface area contributed by atoms with Gasteiger partial charge in [-0.25, -0.2) is 0 Å². The van der Waals surface area contributed by atoms with E-state index in [0.29, 0.717) is 0 Å². The lowest BCUT2D eigenvalue weighted by Crippen LogP contribution is -2.17. The van der Waals surface area contributed by atoms with Crippen molar-refractivity contribution in [1.82, 2.24) is 0 Å². The Morgan fingerprint density at radius 3 is 1.92 bits per heavy atom. The molecule has 0 bridgehead atoms. The molecule has 0 aromatic carbocycles. The van der Waals surface area contributed by atoms with Crippen LogP contribution in [0.15, 0.2) is 29.2 Å². The molecule has 68 valence electrons. The van der Waals surface area contributed by atoms with E-state index >= 15 is 0 Å². The molecular weight excluding hydrogens is 203 g/mol. The minimum absolute atomic E-state index is 1.14. The van der Waals surface area contributed by atoms with Gasteiger partial charge in [-0.15, -0.1) is 0 Å². The Labute approximate surface area is 69.6 Å². The summed E-state index contributed by atoms with van der Waals surface area (Å²) >= 11 is 4.43. The first-order valence-electron chi connectivity index (χ1n) is 2.49. The molecule has 12 heavy (non-hydrogen) atoms. The minimum Gasteiger partial charge on any atom is -0.195 e. The van der Waals surface area contributed by atoms with Crippen LogP contribution in [-0.2, 0) is 0 Å². The van der Waals surface area contributed by atoms with E-state index in [0.717, 1.165) is 5.73 Å². The van der Waals surface area contributed by atoms with Crippen LogP contribution in [0.1, 0.15) is 0 Å². The van der Waals surface area contributed by atoms with Crippen molar-refractivity contribution in [3.63, 3.8) is 0 Å². The molecule has 0 unspecified atom stereocenters. The highest BCUT2D eigenvalue weighted by molar-refractivity contribution is 6.30. The number of rotatable bonds is 2. The van der Waals surface area contributed by atoms with Crippen LogP contribution in [0.5, 0.6) is 0 Å². The molecule has 0 heterocycles. The molecule has 0 aliphatic heterocycles. The maximum absolute atomic E-state index is 12.3. The largest absolute Gasteiger partial charge is 0.346 e. The first-order valence-corrected chi connectivity index (χ1v) is 2.87. The quantitative estimate of drug-likeness (QED) is 0.476. The van der Waals surface area contributed by atoms with Gasteiger partial charge in [0.15, 0.2) is 5.03 Å². The molecule has 0 fully saturated rings. The van der Waals surface area contributed by atoms with Gasteiger partial charge in [-0.05, 0) is 0 Å². The highest BCUT2D eigenvalue weighted by Crippen LogP contribution is 2.37. The lowest BCUT2D eigenvalue weighted by molar-refractivity contribution is 0.0608. The highest BCUT2D eigenvalue weighted by Gasteiger charge is 2.42. The van der Waals surface area contributed by atoms with Crippen LogP contribution < -0.4 is 0 Å². The van der Waals surface area contributed by atoms with E-state index in [4.69, 9.17) is 0 Å². The van der Waals surface area contributed by atoms with Crippen molar-refractivity contribution < 1.29 is 22.0 Å². The fourth-order valence-electron chi connectivity index (χ4n) is 0.326. The van der Waals surface area contributed by atoms with Crippen molar-refractivity contribution >= 4 is 11.6 Å². The zero-order valence-corrected chi connectivity index (χ0v) is 6.23. The zero-order chi connectivity index (χ0) is 9.94. The molecule has 0 aliphatic rings. The Bertz CT molecular complexity index is 257. The summed E-state index contributed by atoms with van der Waals surface area (Å²) in [6, 6.07) is 0. The normalized spacial score (nSPS) is 10.5. The van der Waals surface area contributed by atoms with Crippen molar-refractivity contribution in [3.8, 4) is 0 Å². The van der Waals surface area contributed by atoms with Crippen molar-refractivity contribution in [2.24, 2.45) is 0 Å². The van der Waals surface area contributed by atoms with Crippen molar-refractivity contribution in [1.29, 1.82) is 0 Å². The van der Waals surface area contributed by atoms with Gasteiger partial charge in [0, 0.05) is 0 Å². The summed E-state index contributed by atoms with van der Waals surface area (Å²) in [5.74, 6) is -6.78. The lowest BCUT2D eigenvalue weighted by atomic mass is 10.3. The first-order chi connectivity index (χ1) is 5.34. The number of halogens is 6. The molecule has 0 aromatic heterocycles. The van der Waals surface area contributed by atoms with Crippen LogP contribution in [0.25, 0.3) is 0 Å². The van der Waals surface area contributed by atoms with E-state index in [1.807, 2.05) is 0 Å². The van der Waals surface area contributed by atoms with Gasteiger partial charge in [-0.3, -0.25) is 0 Å². The number of hydrogen-bond acceptors (Lipinski definition) is 0. The Balaban J connectivity index is 5.13. The molecule has 0 N–H and O–H groups in total. The predicted molar refractivity (Wildman–Crippen MR) is 33.8 cm³/mol. The minimum atomic E-state index is -4.54. The summed E-state index contributed by atoms with van der Waals surface area (Å²) in [5.41, 5.74) is 1.14. The maximum Gasteiger partial charge on any atom is 0.346 e. The molecule has 0 aromatic rings. The Kier molecular flexibility index (Phi) is 3.49. The van der Waals surface area contributed by atoms with E-state index in [-0.39, 0.29) is 0 Å². The van der Waals surface area contributed by atoms with E-state index < -0.39 is 22.9 Å². The molecule has 0 saturated heterocycles. The fourth-order valence-corrected chi connectivity index (χ4v) is 0.409. The standard InChI is InChI=1S/C6H2ClF5/c1-2-3(8)6(11,12)4(7)5(9)10/h1H2. The second-order valence-corrected chi connectivity index (χ2v) is 2.02. The maximum atomic E-state index is 12.3. The summed E-state index contributed by atoms with van der Waals surface area (Å²) in [5, 5.41) is -2.16. The van der Waals surface area contributed by atoms with Gasteiger partial charge in [0.1, 0.15) is 0 Å². The molecule has 0 rings (SSSR count). The second kappa shape index (κ2) is 3.74. The molecule has 0 nitrogen and oxygen atoms in total. The van der Waals surface area contributed by atoms with E-state index in [1.165, 1.54) is 0 Å². The third-order valence-electron chi connectivity index (χ3n) is 0.872. The monoisotopic (exact) mass is 204 g/mol. The van der Waals surface area contributed by atoms with Crippen LogP contribution in [0.4, 0.5) is 22.0 Å². The Morgan fingerprint density at radius 2 is 1.67 bits per heavy atom. The van der Waals surface area contributed by atoms with Crippen molar-refractivity contribution in [3.05, 3.63) is 29.2 Å². The Morgan fingerprint density at radius 1 is 1.25 bits per heavy atom. The molecule has 6 heteroatoms. The average molecular weight is 205 g/mol. The summed E-state index contributed by atoms with van der Waals surface area (Å²) in [6.07, 6.45) is -2.84. The Hall–Kier alpha value is -0.800. The van der Waals surface area contributed by atoms with Gasteiger partial charge < -0.3 is 0 Å². The van der Waals surface area contributed by atoms with Gasteiger partial charge in [-0.1, -0.05) is 23.9 Å². The summed E-state index contributed by atoms with van der Waals surface area (Å²) in [7, 11) is 0. The van der Waals surface area contributed by atoms with Crippen molar-refractivity contribution in [2.75, 3.05) is 0 Å². The number of alkyl halides is 2. The van der Waals surface area contributed by atoms with E-state index in [1.54, 1.807) is 0 Å². The molecule has 0 radical (unpaired) electrons. The van der Waals surface area contributed by atoms with Gasteiger partial charge in [0.25, 0.3) is 6.08 Å². The van der Waals surface area contributed by atoms with Crippen LogP contribution in [-0.4, -0.2) is 5.92 Å². The summed E-state index contributed by atoms with van der Waals surface area (Å²) in [6.45, 7) is 2.53. The van der Waals surface area contributed by atoms with Crippen LogP contribution >= 0.6 is 11.6 Å². The molecular formula is C6H2ClF5. The summed E-state index contributed by atoms with van der Waals surface area (Å²) < 4.78 is 59.5. The van der Waals surface area contributed by atoms with Crippen LogP contribution in [0, 0.1) is 0 Å². The summed E-state index contributed by atoms with van der Waals surface area (Å²) in [4.78, 5) is 0. The number of allylic oxidation sites excluding steroid dienone is 2. The van der Waals surface area contributed by atoms with Gasteiger partial charge >= 0.3 is 5.92 Å². The lowest BCUT2D eigenvalue weighted by Gasteiger charge is -2.09. The van der Waals surface area contributed by atoms with Crippen LogP contribution in [0.2, 0.25) is 0 Å². The van der Waals surface area contributed by atoms with E-state index in [9.17, 15) is 22.0 Å². The zero-order valence-electron chi connectivity index (χ0n) is 5.47. The second-order valence-electron chi connectivity index (χ2n) is 1.64. The topological polar surface area (TPSA) is 0 Å². The van der Waals surface area contributed by atoms with Crippen LogP contribution in [0.3, 0.4) is 0 Å². The van der Waals surface area contributed by atoms with Crippen molar-refractivity contribution in [2.45, 2.75) is 5.92 Å². The fraction of sp³-hybridized carbons (Fsp3) is 0.167. The molecule has 0 spiro atoms. The SMILES string of the molecule is C=C=C(F)C(F)(F)C(Cl)=C(F)F. The predicted octanol–water partition coefficient (Wildman–Crippen LogP) is 3.61. The molecule has 0 saturated carbocycles.